The molecule has 1 aromatic carbocycles. The summed E-state index contributed by atoms with van der Waals surface area (Å²) >= 11 is 1.51. The number of esters is 1. The molecule has 0 saturated carbocycles. The summed E-state index contributed by atoms with van der Waals surface area (Å²) in [4.78, 5) is 16.0. The van der Waals surface area contributed by atoms with E-state index in [0.29, 0.717) is 12.5 Å². The van der Waals surface area contributed by atoms with Crippen LogP contribution in [0.4, 0.5) is 5.69 Å². The smallest absolute Gasteiger partial charge is 0.351 e. The largest absolute Gasteiger partial charge is 0.461 e. The zero-order chi connectivity index (χ0) is 21.1. The topological polar surface area (TPSA) is 53.3 Å². The number of fused-ring (bicyclic) bond motifs is 1. The van der Waals surface area contributed by atoms with E-state index >= 15 is 0 Å². The van der Waals surface area contributed by atoms with Gasteiger partial charge in [0.25, 0.3) is 0 Å². The van der Waals surface area contributed by atoms with Crippen molar-refractivity contribution in [1.29, 1.82) is 5.26 Å². The van der Waals surface area contributed by atoms with Gasteiger partial charge in [0, 0.05) is 11.4 Å². The van der Waals surface area contributed by atoms with E-state index in [1.807, 2.05) is 18.2 Å². The summed E-state index contributed by atoms with van der Waals surface area (Å²) in [5.74, 6) is -0.126. The van der Waals surface area contributed by atoms with Gasteiger partial charge in [0.05, 0.1) is 12.3 Å². The van der Waals surface area contributed by atoms with Gasteiger partial charge in [-0.2, -0.15) is 5.26 Å². The lowest BCUT2D eigenvalue weighted by atomic mass is 10.0. The Morgan fingerprint density at radius 1 is 1.14 bits per heavy atom. The molecule has 1 unspecified atom stereocenters. The molecule has 1 atom stereocenters. The third-order valence-electron chi connectivity index (χ3n) is 5.37. The van der Waals surface area contributed by atoms with Crippen molar-refractivity contribution >= 4 is 23.4 Å². The summed E-state index contributed by atoms with van der Waals surface area (Å²) in [6.07, 6.45) is 8.88. The number of rotatable bonds is 12. The number of thioether (sulfide) groups is 1. The first kappa shape index (κ1) is 23.3. The summed E-state index contributed by atoms with van der Waals surface area (Å²) in [5, 5.41) is 10.5. The Bertz CT molecular complexity index is 739. The highest BCUT2D eigenvalue weighted by Gasteiger charge is 2.31. The van der Waals surface area contributed by atoms with Crippen LogP contribution in [-0.4, -0.2) is 19.1 Å². The number of anilines is 1. The van der Waals surface area contributed by atoms with E-state index in [4.69, 9.17) is 4.74 Å². The average Bonchev–Trinajstić information content (AvgIpc) is 3.10. The van der Waals surface area contributed by atoms with E-state index in [0.717, 1.165) is 60.7 Å². The third-order valence-corrected chi connectivity index (χ3v) is 6.55. The Kier molecular flexibility index (Phi) is 10.1. The molecule has 1 aliphatic heterocycles. The van der Waals surface area contributed by atoms with E-state index in [-0.39, 0.29) is 5.57 Å². The Morgan fingerprint density at radius 2 is 1.90 bits per heavy atom. The van der Waals surface area contributed by atoms with Crippen LogP contribution in [0.25, 0.3) is 0 Å². The third kappa shape index (κ3) is 6.54. The second-order valence-electron chi connectivity index (χ2n) is 7.59. The Hall–Kier alpha value is -1.93. The number of carbonyl (C=O) groups is 1. The summed E-state index contributed by atoms with van der Waals surface area (Å²) < 4.78 is 5.59. The van der Waals surface area contributed by atoms with Gasteiger partial charge in [-0.1, -0.05) is 83.2 Å². The fourth-order valence-corrected chi connectivity index (χ4v) is 4.65. The molecule has 0 N–H and O–H groups in total. The molecule has 1 heterocycles. The second-order valence-corrected chi connectivity index (χ2v) is 8.62. The zero-order valence-corrected chi connectivity index (χ0v) is 18.9. The SMILES string of the molecule is CCCCCCN1/C(=C(\C#N)C(=O)OCC(CC)CCCC)Sc2ccccc21. The van der Waals surface area contributed by atoms with E-state index in [9.17, 15) is 10.1 Å². The van der Waals surface area contributed by atoms with Gasteiger partial charge >= 0.3 is 5.97 Å². The molecule has 0 fully saturated rings. The molecule has 0 amide bonds. The van der Waals surface area contributed by atoms with Gasteiger partial charge in [0.15, 0.2) is 5.57 Å². The Balaban J connectivity index is 2.16. The molecular weight excluding hydrogens is 380 g/mol. The molecule has 0 bridgehead atoms. The standard InChI is InChI=1S/C24H34N2O2S/c1-4-7-9-12-16-26-21-14-10-11-15-22(21)29-23(26)20(17-25)24(27)28-18-19(6-3)13-8-5-2/h10-11,14-15,19H,4-9,12-13,16,18H2,1-3H3/b23-20-. The van der Waals surface area contributed by atoms with Gasteiger partial charge in [-0.05, 0) is 30.9 Å². The number of nitriles is 1. The van der Waals surface area contributed by atoms with Gasteiger partial charge in [-0.25, -0.2) is 4.79 Å². The minimum Gasteiger partial charge on any atom is -0.461 e. The maximum atomic E-state index is 12.8. The number of nitrogens with zero attached hydrogens (tertiary/aromatic N) is 2. The molecule has 0 spiro atoms. The van der Waals surface area contributed by atoms with Crippen molar-refractivity contribution in [3.63, 3.8) is 0 Å². The molecule has 5 heteroatoms. The maximum absolute atomic E-state index is 12.8. The quantitative estimate of drug-likeness (QED) is 0.165. The molecule has 0 aliphatic carbocycles. The number of benzene rings is 1. The van der Waals surface area contributed by atoms with E-state index in [1.165, 1.54) is 24.6 Å². The van der Waals surface area contributed by atoms with Crippen molar-refractivity contribution in [2.45, 2.75) is 77.0 Å². The van der Waals surface area contributed by atoms with Crippen LogP contribution in [0, 0.1) is 17.2 Å². The fourth-order valence-electron chi connectivity index (χ4n) is 3.48. The summed E-state index contributed by atoms with van der Waals surface area (Å²) in [6, 6.07) is 10.2. The number of ether oxygens (including phenoxy) is 1. The number of carbonyl (C=O) groups excluding carboxylic acids is 1. The molecule has 29 heavy (non-hydrogen) atoms. The van der Waals surface area contributed by atoms with Crippen molar-refractivity contribution in [1.82, 2.24) is 0 Å². The summed E-state index contributed by atoms with van der Waals surface area (Å²) in [7, 11) is 0. The van der Waals surface area contributed by atoms with Gasteiger partial charge in [0.1, 0.15) is 11.1 Å². The van der Waals surface area contributed by atoms with Gasteiger partial charge < -0.3 is 9.64 Å². The monoisotopic (exact) mass is 414 g/mol. The Labute approximate surface area is 180 Å². The highest BCUT2D eigenvalue weighted by Crippen LogP contribution is 2.47. The summed E-state index contributed by atoms with van der Waals surface area (Å²) in [5.41, 5.74) is 1.21. The first-order valence-electron chi connectivity index (χ1n) is 11.0. The second kappa shape index (κ2) is 12.6. The van der Waals surface area contributed by atoms with Gasteiger partial charge in [-0.15, -0.1) is 0 Å². The molecule has 2 rings (SSSR count). The maximum Gasteiger partial charge on any atom is 0.351 e. The molecule has 1 aliphatic rings. The minimum absolute atomic E-state index is 0.132. The van der Waals surface area contributed by atoms with Crippen LogP contribution in [0.3, 0.4) is 0 Å². The molecule has 0 aromatic heterocycles. The summed E-state index contributed by atoms with van der Waals surface area (Å²) in [6.45, 7) is 7.69. The predicted molar refractivity (Wildman–Crippen MR) is 121 cm³/mol. The Morgan fingerprint density at radius 3 is 2.59 bits per heavy atom. The van der Waals surface area contributed by atoms with Crippen LogP contribution < -0.4 is 4.90 Å². The van der Waals surface area contributed by atoms with Crippen molar-refractivity contribution in [2.24, 2.45) is 5.92 Å². The van der Waals surface area contributed by atoms with E-state index in [2.05, 4.69) is 37.8 Å². The lowest BCUT2D eigenvalue weighted by Gasteiger charge is -2.21. The zero-order valence-electron chi connectivity index (χ0n) is 18.1. The molecule has 158 valence electrons. The first-order chi connectivity index (χ1) is 14.2. The van der Waals surface area contributed by atoms with Crippen LogP contribution in [-0.2, 0) is 9.53 Å². The van der Waals surface area contributed by atoms with Gasteiger partial charge in [0.2, 0.25) is 0 Å². The normalized spacial score (nSPS) is 15.6. The van der Waals surface area contributed by atoms with Crippen LogP contribution in [0.2, 0.25) is 0 Å². The number of para-hydroxylation sites is 1. The average molecular weight is 415 g/mol. The highest BCUT2D eigenvalue weighted by molar-refractivity contribution is 8.03. The molecule has 0 saturated heterocycles. The first-order valence-corrected chi connectivity index (χ1v) is 11.8. The minimum atomic E-state index is -0.490. The van der Waals surface area contributed by atoms with Gasteiger partial charge in [-0.3, -0.25) is 0 Å². The van der Waals surface area contributed by atoms with Crippen molar-refractivity contribution in [3.8, 4) is 6.07 Å². The molecule has 1 aromatic rings. The molecular formula is C24H34N2O2S. The lowest BCUT2D eigenvalue weighted by Crippen LogP contribution is -2.23. The van der Waals surface area contributed by atoms with Crippen LogP contribution in [0.15, 0.2) is 39.8 Å². The number of hydrogen-bond acceptors (Lipinski definition) is 5. The van der Waals surface area contributed by atoms with Crippen LogP contribution >= 0.6 is 11.8 Å². The molecule has 0 radical (unpaired) electrons. The van der Waals surface area contributed by atoms with E-state index in [1.54, 1.807) is 0 Å². The number of hydrogen-bond donors (Lipinski definition) is 0. The van der Waals surface area contributed by atoms with Crippen LogP contribution in [0.1, 0.15) is 72.1 Å². The number of unbranched alkanes of at least 4 members (excludes halogenated alkanes) is 4. The predicted octanol–water partition coefficient (Wildman–Crippen LogP) is 6.67. The highest BCUT2D eigenvalue weighted by atomic mass is 32.2. The van der Waals surface area contributed by atoms with E-state index < -0.39 is 5.97 Å². The van der Waals surface area contributed by atoms with Crippen LogP contribution in [0.5, 0.6) is 0 Å². The van der Waals surface area contributed by atoms with Crippen molar-refractivity contribution < 1.29 is 9.53 Å². The van der Waals surface area contributed by atoms with Crippen molar-refractivity contribution in [2.75, 3.05) is 18.1 Å². The lowest BCUT2D eigenvalue weighted by molar-refractivity contribution is -0.140. The fraction of sp³-hybridized carbons (Fsp3) is 0.583. The molecule has 4 nitrogen and oxygen atoms in total. The van der Waals surface area contributed by atoms with Crippen molar-refractivity contribution in [3.05, 3.63) is 34.9 Å².